The third-order valence-electron chi connectivity index (χ3n) is 2.85. The average Bonchev–Trinajstić information content (AvgIpc) is 2.42. The van der Waals surface area contributed by atoms with Gasteiger partial charge in [0.15, 0.2) is 0 Å². The van der Waals surface area contributed by atoms with Gasteiger partial charge in [0, 0.05) is 12.6 Å². The first-order valence-electron chi connectivity index (χ1n) is 6.41. The van der Waals surface area contributed by atoms with Crippen LogP contribution in [0.2, 0.25) is 0 Å². The Balaban J connectivity index is 2.17. The van der Waals surface area contributed by atoms with Crippen LogP contribution in [-0.4, -0.2) is 10.9 Å². The number of aromatic nitrogens is 1. The summed E-state index contributed by atoms with van der Waals surface area (Å²) in [4.78, 5) is 15.0. The molecule has 1 aromatic heterocycles. The summed E-state index contributed by atoms with van der Waals surface area (Å²) in [6, 6.07) is 6.75. The number of benzene rings is 1. The van der Waals surface area contributed by atoms with Crippen LogP contribution < -0.4 is 10.6 Å². The summed E-state index contributed by atoms with van der Waals surface area (Å²) in [5, 5.41) is 5.53. The van der Waals surface area contributed by atoms with Gasteiger partial charge in [0.1, 0.15) is 11.6 Å². The molecule has 1 heterocycles. The number of carbonyl (C=O) groups excluding carboxylic acids is 1. The van der Waals surface area contributed by atoms with Gasteiger partial charge in [-0.15, -0.1) is 0 Å². The Kier molecular flexibility index (Phi) is 4.47. The Morgan fingerprint density at radius 3 is 2.62 bits per heavy atom. The number of halogens is 2. The van der Waals surface area contributed by atoms with Crippen molar-refractivity contribution in [2.75, 3.05) is 10.6 Å². The van der Waals surface area contributed by atoms with Crippen LogP contribution in [0.5, 0.6) is 0 Å². The molecule has 1 unspecified atom stereocenters. The third kappa shape index (κ3) is 3.98. The molecule has 4 nitrogen and oxygen atoms in total. The minimum atomic E-state index is -0.446. The van der Waals surface area contributed by atoms with Crippen molar-refractivity contribution < 1.29 is 13.6 Å². The summed E-state index contributed by atoms with van der Waals surface area (Å²) >= 11 is 0. The highest BCUT2D eigenvalue weighted by Crippen LogP contribution is 2.24. The summed E-state index contributed by atoms with van der Waals surface area (Å²) in [5.74, 6) is -1.11. The second-order valence-electron chi connectivity index (χ2n) is 4.64. The van der Waals surface area contributed by atoms with Crippen molar-refractivity contribution in [2.45, 2.75) is 19.9 Å². The summed E-state index contributed by atoms with van der Waals surface area (Å²) in [7, 11) is 0. The number of rotatable bonds is 4. The fraction of sp³-hybridized carbons (Fsp3) is 0.200. The molecule has 2 N–H and O–H groups in total. The fourth-order valence-electron chi connectivity index (χ4n) is 1.87. The van der Waals surface area contributed by atoms with Crippen molar-refractivity contribution in [3.63, 3.8) is 0 Å². The van der Waals surface area contributed by atoms with Gasteiger partial charge in [0.05, 0.1) is 23.6 Å². The molecule has 0 saturated heterocycles. The molecule has 21 heavy (non-hydrogen) atoms. The van der Waals surface area contributed by atoms with Gasteiger partial charge in [-0.1, -0.05) is 0 Å². The first-order chi connectivity index (χ1) is 9.95. The summed E-state index contributed by atoms with van der Waals surface area (Å²) in [6.45, 7) is 3.16. The zero-order chi connectivity index (χ0) is 15.4. The average molecular weight is 291 g/mol. The predicted octanol–water partition coefficient (Wildman–Crippen LogP) is 3.49. The lowest BCUT2D eigenvalue weighted by atomic mass is 10.2. The van der Waals surface area contributed by atoms with E-state index < -0.39 is 11.6 Å². The molecule has 0 saturated carbocycles. The van der Waals surface area contributed by atoms with Gasteiger partial charge in [-0.05, 0) is 37.3 Å². The SMILES string of the molecule is CC(=O)Nc1ccc(F)c(NC(C)c2ccc(F)cn2)c1. The van der Waals surface area contributed by atoms with Gasteiger partial charge in [-0.3, -0.25) is 9.78 Å². The van der Waals surface area contributed by atoms with E-state index in [9.17, 15) is 13.6 Å². The Morgan fingerprint density at radius 1 is 1.24 bits per heavy atom. The molecule has 0 aliphatic heterocycles. The van der Waals surface area contributed by atoms with Gasteiger partial charge in [-0.25, -0.2) is 8.78 Å². The van der Waals surface area contributed by atoms with Gasteiger partial charge in [0.2, 0.25) is 5.91 Å². The van der Waals surface area contributed by atoms with Crippen LogP contribution in [0.25, 0.3) is 0 Å². The Labute approximate surface area is 121 Å². The van der Waals surface area contributed by atoms with E-state index >= 15 is 0 Å². The first kappa shape index (κ1) is 14.9. The second kappa shape index (κ2) is 6.30. The molecule has 1 atom stereocenters. The van der Waals surface area contributed by atoms with Crippen LogP contribution in [0.4, 0.5) is 20.2 Å². The summed E-state index contributed by atoms with van der Waals surface area (Å²) in [5.41, 5.74) is 1.31. The lowest BCUT2D eigenvalue weighted by molar-refractivity contribution is -0.114. The minimum absolute atomic E-state index is 0.235. The van der Waals surface area contributed by atoms with Gasteiger partial charge < -0.3 is 10.6 Å². The van der Waals surface area contributed by atoms with E-state index in [-0.39, 0.29) is 17.6 Å². The lowest BCUT2D eigenvalue weighted by Gasteiger charge is -2.16. The van der Waals surface area contributed by atoms with Crippen LogP contribution >= 0.6 is 0 Å². The van der Waals surface area contributed by atoms with Crippen LogP contribution in [0.1, 0.15) is 25.6 Å². The van der Waals surface area contributed by atoms with Gasteiger partial charge in [-0.2, -0.15) is 0 Å². The van der Waals surface area contributed by atoms with Crippen LogP contribution in [-0.2, 0) is 4.79 Å². The first-order valence-corrected chi connectivity index (χ1v) is 6.41. The molecule has 2 rings (SSSR count). The van der Waals surface area contributed by atoms with E-state index in [1.54, 1.807) is 6.92 Å². The molecular weight excluding hydrogens is 276 g/mol. The largest absolute Gasteiger partial charge is 0.375 e. The number of hydrogen-bond donors (Lipinski definition) is 2. The monoisotopic (exact) mass is 291 g/mol. The zero-order valence-electron chi connectivity index (χ0n) is 11.7. The lowest BCUT2D eigenvalue weighted by Crippen LogP contribution is -2.11. The minimum Gasteiger partial charge on any atom is -0.375 e. The maximum atomic E-state index is 13.8. The Morgan fingerprint density at radius 2 is 2.00 bits per heavy atom. The second-order valence-corrected chi connectivity index (χ2v) is 4.64. The van der Waals surface area contributed by atoms with Gasteiger partial charge in [0.25, 0.3) is 0 Å². The Hall–Kier alpha value is -2.50. The van der Waals surface area contributed by atoms with Crippen LogP contribution in [0.3, 0.4) is 0 Å². The number of pyridine rings is 1. The highest BCUT2D eigenvalue weighted by molar-refractivity contribution is 5.89. The van der Waals surface area contributed by atoms with E-state index in [0.29, 0.717) is 11.4 Å². The molecule has 0 bridgehead atoms. The van der Waals surface area contributed by atoms with E-state index in [4.69, 9.17) is 0 Å². The molecule has 0 radical (unpaired) electrons. The smallest absolute Gasteiger partial charge is 0.221 e. The fourth-order valence-corrected chi connectivity index (χ4v) is 1.87. The highest BCUT2D eigenvalue weighted by atomic mass is 19.1. The molecular formula is C15H15F2N3O. The standard InChI is InChI=1S/C15H15F2N3O/c1-9(14-6-3-11(16)8-18-14)19-15-7-12(20-10(2)21)4-5-13(15)17/h3-9,19H,1-2H3,(H,20,21). The van der Waals surface area contributed by atoms with E-state index in [0.717, 1.165) is 6.20 Å². The van der Waals surface area contributed by atoms with Crippen molar-refractivity contribution in [3.05, 3.63) is 53.9 Å². The number of hydrogen-bond acceptors (Lipinski definition) is 3. The van der Waals surface area contributed by atoms with Crippen molar-refractivity contribution in [2.24, 2.45) is 0 Å². The molecule has 0 aliphatic rings. The molecule has 0 spiro atoms. The topological polar surface area (TPSA) is 54.0 Å². The summed E-state index contributed by atoms with van der Waals surface area (Å²) in [6.07, 6.45) is 1.11. The van der Waals surface area contributed by atoms with Crippen molar-refractivity contribution in [1.29, 1.82) is 0 Å². The molecule has 110 valence electrons. The predicted molar refractivity (Wildman–Crippen MR) is 76.9 cm³/mol. The van der Waals surface area contributed by atoms with Crippen molar-refractivity contribution in [1.82, 2.24) is 4.98 Å². The van der Waals surface area contributed by atoms with Crippen molar-refractivity contribution in [3.8, 4) is 0 Å². The van der Waals surface area contributed by atoms with E-state index in [1.807, 2.05) is 0 Å². The van der Waals surface area contributed by atoms with E-state index in [2.05, 4.69) is 15.6 Å². The maximum absolute atomic E-state index is 13.8. The number of carbonyl (C=O) groups is 1. The molecule has 1 amide bonds. The molecule has 0 aliphatic carbocycles. The maximum Gasteiger partial charge on any atom is 0.221 e. The molecule has 1 aromatic carbocycles. The normalized spacial score (nSPS) is 11.8. The molecule has 0 fully saturated rings. The number of nitrogens with one attached hydrogen (secondary N) is 2. The summed E-state index contributed by atoms with van der Waals surface area (Å²) < 4.78 is 26.6. The van der Waals surface area contributed by atoms with E-state index in [1.165, 1.54) is 37.3 Å². The van der Waals surface area contributed by atoms with Crippen molar-refractivity contribution >= 4 is 17.3 Å². The highest BCUT2D eigenvalue weighted by Gasteiger charge is 2.11. The third-order valence-corrected chi connectivity index (χ3v) is 2.85. The van der Waals surface area contributed by atoms with Gasteiger partial charge >= 0.3 is 0 Å². The number of amides is 1. The molecule has 2 aromatic rings. The number of nitrogens with zero attached hydrogens (tertiary/aromatic N) is 1. The zero-order valence-corrected chi connectivity index (χ0v) is 11.7. The number of anilines is 2. The van der Waals surface area contributed by atoms with Crippen LogP contribution in [0.15, 0.2) is 36.5 Å². The van der Waals surface area contributed by atoms with Crippen LogP contribution in [0, 0.1) is 11.6 Å². The molecule has 6 heteroatoms. The Bertz CT molecular complexity index is 644. The quantitative estimate of drug-likeness (QED) is 0.906.